The molecule has 0 bridgehead atoms. The molecule has 36 heavy (non-hydrogen) atoms. The first-order valence-electron chi connectivity index (χ1n) is 12.2. The maximum absolute atomic E-state index is 12.6. The Bertz CT molecular complexity index is 1300. The number of benzene rings is 3. The summed E-state index contributed by atoms with van der Waals surface area (Å²) in [6.45, 7) is 1.61. The average molecular weight is 478 g/mol. The van der Waals surface area contributed by atoms with Gasteiger partial charge in [-0.25, -0.2) is 0 Å². The predicted octanol–water partition coefficient (Wildman–Crippen LogP) is 7.10. The molecule has 3 N–H and O–H groups in total. The van der Waals surface area contributed by atoms with E-state index in [9.17, 15) is 15.0 Å². The largest absolute Gasteiger partial charge is 0.504 e. The summed E-state index contributed by atoms with van der Waals surface area (Å²) in [5, 5.41) is 24.6. The molecule has 4 heteroatoms. The summed E-state index contributed by atoms with van der Waals surface area (Å²) in [7, 11) is 0. The SMILES string of the molecule is C/C=C(/O)C(=O)/C=C(/CC(O)C1=CC=CCC1c1ccccc1)Nc1cccc(-c2ccccc2)c1. The molecule has 0 radical (unpaired) electrons. The Balaban J connectivity index is 1.61. The van der Waals surface area contributed by atoms with E-state index in [-0.39, 0.29) is 18.1 Å². The van der Waals surface area contributed by atoms with Gasteiger partial charge in [-0.2, -0.15) is 0 Å². The van der Waals surface area contributed by atoms with Gasteiger partial charge in [0, 0.05) is 29.8 Å². The molecule has 0 fully saturated rings. The van der Waals surface area contributed by atoms with Crippen LogP contribution in [0.1, 0.15) is 31.2 Å². The highest BCUT2D eigenvalue weighted by atomic mass is 16.3. The molecule has 3 aromatic rings. The Morgan fingerprint density at radius 1 is 1.00 bits per heavy atom. The minimum Gasteiger partial charge on any atom is -0.504 e. The number of aliphatic hydroxyl groups excluding tert-OH is 2. The van der Waals surface area contributed by atoms with Crippen LogP contribution in [0.25, 0.3) is 11.1 Å². The van der Waals surface area contributed by atoms with Gasteiger partial charge in [0.2, 0.25) is 5.78 Å². The lowest BCUT2D eigenvalue weighted by Gasteiger charge is -2.27. The van der Waals surface area contributed by atoms with Crippen LogP contribution in [0.15, 0.2) is 132 Å². The van der Waals surface area contributed by atoms with E-state index in [2.05, 4.69) is 23.5 Å². The van der Waals surface area contributed by atoms with Crippen molar-refractivity contribution >= 4 is 11.5 Å². The number of carbonyl (C=O) groups is 1. The number of allylic oxidation sites excluding steroid dienone is 5. The molecule has 3 aromatic carbocycles. The second kappa shape index (κ2) is 12.0. The van der Waals surface area contributed by atoms with Crippen molar-refractivity contribution in [3.05, 3.63) is 138 Å². The van der Waals surface area contributed by atoms with Gasteiger partial charge >= 0.3 is 0 Å². The molecule has 0 spiro atoms. The van der Waals surface area contributed by atoms with Crippen LogP contribution in [0.4, 0.5) is 5.69 Å². The molecular weight excluding hydrogens is 446 g/mol. The Morgan fingerprint density at radius 2 is 1.69 bits per heavy atom. The van der Waals surface area contributed by atoms with Gasteiger partial charge in [0.25, 0.3) is 0 Å². The molecule has 0 saturated heterocycles. The quantitative estimate of drug-likeness (QED) is 0.227. The molecule has 0 aliphatic heterocycles. The summed E-state index contributed by atoms with van der Waals surface area (Å²) in [5.74, 6) is -0.777. The molecule has 1 aliphatic carbocycles. The Morgan fingerprint density at radius 3 is 2.42 bits per heavy atom. The van der Waals surface area contributed by atoms with Crippen molar-refractivity contribution in [1.82, 2.24) is 0 Å². The first kappa shape index (κ1) is 25.0. The van der Waals surface area contributed by atoms with Crippen molar-refractivity contribution in [3.8, 4) is 11.1 Å². The number of carbonyl (C=O) groups excluding carboxylic acids is 1. The van der Waals surface area contributed by atoms with Crippen LogP contribution < -0.4 is 5.32 Å². The zero-order chi connectivity index (χ0) is 25.3. The van der Waals surface area contributed by atoms with Crippen LogP contribution in [-0.2, 0) is 4.79 Å². The van der Waals surface area contributed by atoms with E-state index in [1.54, 1.807) is 6.92 Å². The maximum Gasteiger partial charge on any atom is 0.221 e. The lowest BCUT2D eigenvalue weighted by atomic mass is 9.81. The molecule has 182 valence electrons. The van der Waals surface area contributed by atoms with Gasteiger partial charge in [-0.3, -0.25) is 4.79 Å². The van der Waals surface area contributed by atoms with Gasteiger partial charge in [0.1, 0.15) is 0 Å². The van der Waals surface area contributed by atoms with Crippen molar-refractivity contribution in [2.75, 3.05) is 5.32 Å². The highest BCUT2D eigenvalue weighted by Crippen LogP contribution is 2.35. The molecule has 2 unspecified atom stereocenters. The van der Waals surface area contributed by atoms with Crippen molar-refractivity contribution in [1.29, 1.82) is 0 Å². The molecule has 4 nitrogen and oxygen atoms in total. The van der Waals surface area contributed by atoms with E-state index < -0.39 is 11.9 Å². The van der Waals surface area contributed by atoms with Gasteiger partial charge in [-0.1, -0.05) is 91.0 Å². The summed E-state index contributed by atoms with van der Waals surface area (Å²) in [4.78, 5) is 12.6. The lowest BCUT2D eigenvalue weighted by molar-refractivity contribution is -0.113. The maximum atomic E-state index is 12.6. The lowest BCUT2D eigenvalue weighted by Crippen LogP contribution is -2.21. The van der Waals surface area contributed by atoms with E-state index in [0.717, 1.165) is 34.4 Å². The monoisotopic (exact) mass is 477 g/mol. The van der Waals surface area contributed by atoms with Crippen LogP contribution in [0.2, 0.25) is 0 Å². The number of hydrogen-bond donors (Lipinski definition) is 3. The summed E-state index contributed by atoms with van der Waals surface area (Å²) in [6.07, 6.45) is 8.95. The predicted molar refractivity (Wildman–Crippen MR) is 147 cm³/mol. The van der Waals surface area contributed by atoms with Crippen LogP contribution in [-0.4, -0.2) is 22.1 Å². The summed E-state index contributed by atoms with van der Waals surface area (Å²) in [6, 6.07) is 28.1. The van der Waals surface area contributed by atoms with Crippen molar-refractivity contribution in [2.45, 2.75) is 31.8 Å². The number of hydrogen-bond acceptors (Lipinski definition) is 4. The van der Waals surface area contributed by atoms with Gasteiger partial charge in [-0.05, 0) is 53.8 Å². The summed E-state index contributed by atoms with van der Waals surface area (Å²) >= 11 is 0. The highest BCUT2D eigenvalue weighted by molar-refractivity contribution is 6.02. The Kier molecular flexibility index (Phi) is 8.32. The number of ketones is 1. The van der Waals surface area contributed by atoms with E-state index in [4.69, 9.17) is 0 Å². The molecular formula is C32H31NO3. The van der Waals surface area contributed by atoms with Crippen molar-refractivity contribution < 1.29 is 15.0 Å². The molecule has 0 saturated carbocycles. The minimum atomic E-state index is -0.809. The smallest absolute Gasteiger partial charge is 0.221 e. The number of nitrogens with one attached hydrogen (secondary N) is 1. The van der Waals surface area contributed by atoms with Gasteiger partial charge in [0.15, 0.2) is 5.76 Å². The first-order chi connectivity index (χ1) is 17.5. The second-order valence-electron chi connectivity index (χ2n) is 8.79. The van der Waals surface area contributed by atoms with Gasteiger partial charge in [0.05, 0.1) is 6.10 Å². The van der Waals surface area contributed by atoms with Crippen molar-refractivity contribution in [3.63, 3.8) is 0 Å². The molecule has 0 amide bonds. The van der Waals surface area contributed by atoms with Crippen molar-refractivity contribution in [2.24, 2.45) is 0 Å². The zero-order valence-electron chi connectivity index (χ0n) is 20.3. The third-order valence-electron chi connectivity index (χ3n) is 6.30. The van der Waals surface area contributed by atoms with E-state index >= 15 is 0 Å². The van der Waals surface area contributed by atoms with Crippen LogP contribution in [0.5, 0.6) is 0 Å². The summed E-state index contributed by atoms with van der Waals surface area (Å²) in [5.41, 5.74) is 5.47. The average Bonchev–Trinajstić information content (AvgIpc) is 2.93. The van der Waals surface area contributed by atoms with E-state index in [1.165, 1.54) is 12.2 Å². The minimum absolute atomic E-state index is 0.0634. The fourth-order valence-electron chi connectivity index (χ4n) is 4.44. The van der Waals surface area contributed by atoms with Crippen LogP contribution in [0.3, 0.4) is 0 Å². The third kappa shape index (κ3) is 6.29. The van der Waals surface area contributed by atoms with Crippen LogP contribution in [0, 0.1) is 0 Å². The Labute approximate surface area is 212 Å². The number of aliphatic hydroxyl groups is 2. The standard InChI is InChI=1S/C32H31NO3/c1-2-30(34)32(36)22-27(33-26-17-11-16-25(20-26)23-12-5-3-6-13-23)21-31(35)29-19-10-9-18-28(29)24-14-7-4-8-15-24/h2-17,19-20,22,28,31,33-35H,18,21H2,1H3/b27-22-,30-2+. The first-order valence-corrected chi connectivity index (χ1v) is 12.2. The van der Waals surface area contributed by atoms with Gasteiger partial charge < -0.3 is 15.5 Å². The third-order valence-corrected chi connectivity index (χ3v) is 6.30. The number of anilines is 1. The van der Waals surface area contributed by atoms with E-state index in [1.807, 2.05) is 84.9 Å². The normalized spacial score (nSPS) is 16.8. The molecule has 2 atom stereocenters. The highest BCUT2D eigenvalue weighted by Gasteiger charge is 2.24. The topological polar surface area (TPSA) is 69.6 Å². The van der Waals surface area contributed by atoms with Crippen LogP contribution >= 0.6 is 0 Å². The molecule has 4 rings (SSSR count). The molecule has 0 aromatic heterocycles. The van der Waals surface area contributed by atoms with Gasteiger partial charge in [-0.15, -0.1) is 0 Å². The fourth-order valence-corrected chi connectivity index (χ4v) is 4.44. The number of rotatable bonds is 9. The summed E-state index contributed by atoms with van der Waals surface area (Å²) < 4.78 is 0. The fraction of sp³-hybridized carbons (Fsp3) is 0.156. The molecule has 1 aliphatic rings. The zero-order valence-corrected chi connectivity index (χ0v) is 20.3. The molecule has 0 heterocycles. The Hall–Kier alpha value is -4.15. The van der Waals surface area contributed by atoms with E-state index in [0.29, 0.717) is 5.70 Å². The second-order valence-corrected chi connectivity index (χ2v) is 8.79.